The first kappa shape index (κ1) is 16.4. The molecule has 0 aliphatic carbocycles. The number of benzene rings is 1. The van der Waals surface area contributed by atoms with Gasteiger partial charge in [0.05, 0.1) is 11.0 Å². The minimum absolute atomic E-state index is 0.218. The highest BCUT2D eigenvalue weighted by molar-refractivity contribution is 5.51. The number of nitrogens with one attached hydrogen (secondary N) is 1. The number of non-ortho nitro benzene ring substituents is 1. The predicted octanol–water partition coefficient (Wildman–Crippen LogP) is 4.75. The minimum Gasteiger partial charge on any atom is -0.385 e. The summed E-state index contributed by atoms with van der Waals surface area (Å²) < 4.78 is 13.2. The Labute approximate surface area is 119 Å². The first-order valence-electron chi connectivity index (χ1n) is 7.18. The van der Waals surface area contributed by atoms with Crippen LogP contribution in [0, 0.1) is 21.8 Å². The largest absolute Gasteiger partial charge is 0.385 e. The maximum absolute atomic E-state index is 13.2. The Hall–Kier alpha value is -1.65. The number of halogens is 1. The number of nitrogens with zero attached hydrogens (tertiary/aromatic N) is 1. The summed E-state index contributed by atoms with van der Waals surface area (Å²) in [5.74, 6) is 0.166. The van der Waals surface area contributed by atoms with Crippen LogP contribution in [-0.2, 0) is 0 Å². The average Bonchev–Trinajstić information content (AvgIpc) is 2.36. The lowest BCUT2D eigenvalue weighted by Gasteiger charge is -2.07. The van der Waals surface area contributed by atoms with Gasteiger partial charge >= 0.3 is 0 Å². The van der Waals surface area contributed by atoms with Crippen LogP contribution in [-0.4, -0.2) is 11.5 Å². The molecule has 0 saturated heterocycles. The Balaban J connectivity index is 2.27. The fourth-order valence-electron chi connectivity index (χ4n) is 2.05. The Morgan fingerprint density at radius 3 is 2.55 bits per heavy atom. The van der Waals surface area contributed by atoms with Crippen LogP contribution in [0.5, 0.6) is 0 Å². The standard InChI is InChI=1S/C15H23FN2O2/c1-12(2)7-5-3-4-6-8-17-14-9-13(16)10-15(11-14)18(19)20/h9-12,17H,3-8H2,1-2H3. The summed E-state index contributed by atoms with van der Waals surface area (Å²) in [7, 11) is 0. The highest BCUT2D eigenvalue weighted by atomic mass is 19.1. The van der Waals surface area contributed by atoms with E-state index in [9.17, 15) is 14.5 Å². The number of hydrogen-bond acceptors (Lipinski definition) is 3. The van der Waals surface area contributed by atoms with E-state index in [1.165, 1.54) is 31.4 Å². The Morgan fingerprint density at radius 1 is 1.20 bits per heavy atom. The summed E-state index contributed by atoms with van der Waals surface area (Å²) in [6.45, 7) is 5.15. The highest BCUT2D eigenvalue weighted by Gasteiger charge is 2.09. The third-order valence-corrected chi connectivity index (χ3v) is 3.13. The van der Waals surface area contributed by atoms with E-state index in [2.05, 4.69) is 19.2 Å². The molecule has 5 heteroatoms. The molecule has 0 heterocycles. The fourth-order valence-corrected chi connectivity index (χ4v) is 2.05. The van der Waals surface area contributed by atoms with E-state index in [0.29, 0.717) is 12.2 Å². The third kappa shape index (κ3) is 6.50. The van der Waals surface area contributed by atoms with Gasteiger partial charge < -0.3 is 5.32 Å². The zero-order valence-electron chi connectivity index (χ0n) is 12.2. The lowest BCUT2D eigenvalue weighted by Crippen LogP contribution is -2.02. The van der Waals surface area contributed by atoms with Crippen LogP contribution in [0.3, 0.4) is 0 Å². The molecule has 0 fully saturated rings. The van der Waals surface area contributed by atoms with Crippen molar-refractivity contribution in [2.24, 2.45) is 5.92 Å². The molecule has 0 atom stereocenters. The number of hydrogen-bond donors (Lipinski definition) is 1. The quantitative estimate of drug-likeness (QED) is 0.404. The van der Waals surface area contributed by atoms with Gasteiger partial charge in [0.25, 0.3) is 5.69 Å². The fraction of sp³-hybridized carbons (Fsp3) is 0.600. The molecule has 1 rings (SSSR count). The first-order valence-corrected chi connectivity index (χ1v) is 7.18. The Morgan fingerprint density at radius 2 is 1.90 bits per heavy atom. The van der Waals surface area contributed by atoms with Crippen molar-refractivity contribution in [3.8, 4) is 0 Å². The molecule has 0 aromatic heterocycles. The van der Waals surface area contributed by atoms with Crippen molar-refractivity contribution in [3.05, 3.63) is 34.1 Å². The number of nitro groups is 1. The van der Waals surface area contributed by atoms with E-state index >= 15 is 0 Å². The predicted molar refractivity (Wildman–Crippen MR) is 79.5 cm³/mol. The molecule has 1 aromatic carbocycles. The van der Waals surface area contributed by atoms with E-state index < -0.39 is 10.7 Å². The summed E-state index contributed by atoms with van der Waals surface area (Å²) >= 11 is 0. The topological polar surface area (TPSA) is 55.2 Å². The van der Waals surface area contributed by atoms with Crippen molar-refractivity contribution in [1.82, 2.24) is 0 Å². The highest BCUT2D eigenvalue weighted by Crippen LogP contribution is 2.20. The van der Waals surface area contributed by atoms with Gasteiger partial charge in [0.1, 0.15) is 5.82 Å². The van der Waals surface area contributed by atoms with Gasteiger partial charge in [0.2, 0.25) is 0 Å². The summed E-state index contributed by atoms with van der Waals surface area (Å²) in [6.07, 6.45) is 5.80. The summed E-state index contributed by atoms with van der Waals surface area (Å²) in [5.41, 5.74) is 0.253. The molecule has 1 aromatic rings. The lowest BCUT2D eigenvalue weighted by atomic mass is 10.0. The van der Waals surface area contributed by atoms with Crippen LogP contribution in [0.4, 0.5) is 15.8 Å². The van der Waals surface area contributed by atoms with E-state index in [1.54, 1.807) is 0 Å². The van der Waals surface area contributed by atoms with Crippen molar-refractivity contribution >= 4 is 11.4 Å². The third-order valence-electron chi connectivity index (χ3n) is 3.13. The van der Waals surface area contributed by atoms with Crippen LogP contribution < -0.4 is 5.32 Å². The van der Waals surface area contributed by atoms with Crippen molar-refractivity contribution in [3.63, 3.8) is 0 Å². The van der Waals surface area contributed by atoms with Crippen molar-refractivity contribution < 1.29 is 9.31 Å². The van der Waals surface area contributed by atoms with Gasteiger partial charge in [0, 0.05) is 18.3 Å². The monoisotopic (exact) mass is 282 g/mol. The van der Waals surface area contributed by atoms with Crippen LogP contribution in [0.15, 0.2) is 18.2 Å². The molecule has 4 nitrogen and oxygen atoms in total. The van der Waals surface area contributed by atoms with Gasteiger partial charge in [-0.1, -0.05) is 39.5 Å². The molecule has 112 valence electrons. The zero-order chi connectivity index (χ0) is 15.0. The van der Waals surface area contributed by atoms with Crippen LogP contribution in [0.1, 0.15) is 46.0 Å². The maximum atomic E-state index is 13.2. The number of anilines is 1. The second-order valence-corrected chi connectivity index (χ2v) is 5.48. The van der Waals surface area contributed by atoms with Gasteiger partial charge in [0.15, 0.2) is 0 Å². The smallest absolute Gasteiger partial charge is 0.274 e. The normalized spacial score (nSPS) is 10.8. The molecular weight excluding hydrogens is 259 g/mol. The number of nitro benzene ring substituents is 1. The van der Waals surface area contributed by atoms with Gasteiger partial charge in [-0.25, -0.2) is 4.39 Å². The van der Waals surface area contributed by atoms with Crippen LogP contribution >= 0.6 is 0 Å². The zero-order valence-corrected chi connectivity index (χ0v) is 12.2. The SMILES string of the molecule is CC(C)CCCCCCNc1cc(F)cc([N+](=O)[O-])c1. The number of rotatable bonds is 9. The minimum atomic E-state index is -0.585. The molecule has 1 N–H and O–H groups in total. The van der Waals surface area contributed by atoms with Gasteiger partial charge in [-0.05, 0) is 18.4 Å². The molecule has 0 amide bonds. The van der Waals surface area contributed by atoms with E-state index in [4.69, 9.17) is 0 Å². The molecule has 0 aliphatic rings. The van der Waals surface area contributed by atoms with Crippen molar-refractivity contribution in [2.75, 3.05) is 11.9 Å². The van der Waals surface area contributed by atoms with Gasteiger partial charge in [-0.3, -0.25) is 10.1 Å². The van der Waals surface area contributed by atoms with Crippen molar-refractivity contribution in [2.45, 2.75) is 46.0 Å². The average molecular weight is 282 g/mol. The van der Waals surface area contributed by atoms with Gasteiger partial charge in [-0.15, -0.1) is 0 Å². The van der Waals surface area contributed by atoms with Gasteiger partial charge in [-0.2, -0.15) is 0 Å². The van der Waals surface area contributed by atoms with Crippen LogP contribution in [0.2, 0.25) is 0 Å². The molecular formula is C15H23FN2O2. The van der Waals surface area contributed by atoms with Crippen molar-refractivity contribution in [1.29, 1.82) is 0 Å². The lowest BCUT2D eigenvalue weighted by molar-refractivity contribution is -0.385. The molecule has 0 bridgehead atoms. The molecule has 0 saturated carbocycles. The Kier molecular flexibility index (Phi) is 6.98. The summed E-state index contributed by atoms with van der Waals surface area (Å²) in [5, 5.41) is 13.7. The second kappa shape index (κ2) is 8.51. The van der Waals surface area contributed by atoms with E-state index in [-0.39, 0.29) is 5.69 Å². The van der Waals surface area contributed by atoms with E-state index in [1.807, 2.05) is 0 Å². The van der Waals surface area contributed by atoms with Crippen LogP contribution in [0.25, 0.3) is 0 Å². The first-order chi connectivity index (χ1) is 9.49. The Bertz CT molecular complexity index is 436. The molecule has 0 unspecified atom stereocenters. The molecule has 20 heavy (non-hydrogen) atoms. The second-order valence-electron chi connectivity index (χ2n) is 5.48. The number of unbranched alkanes of at least 4 members (excludes halogenated alkanes) is 3. The summed E-state index contributed by atoms with van der Waals surface area (Å²) in [6, 6.07) is 3.57. The maximum Gasteiger partial charge on any atom is 0.274 e. The molecule has 0 radical (unpaired) electrons. The molecule has 0 aliphatic heterocycles. The summed E-state index contributed by atoms with van der Waals surface area (Å²) in [4.78, 5) is 10.0. The van der Waals surface area contributed by atoms with E-state index in [0.717, 1.165) is 24.8 Å². The molecule has 0 spiro atoms.